The van der Waals surface area contributed by atoms with Crippen LogP contribution < -0.4 is 38.6 Å². The zero-order chi connectivity index (χ0) is 26.7. The maximum Gasteiger partial charge on any atom is 0.252 e. The van der Waals surface area contributed by atoms with E-state index in [2.05, 4.69) is 49.7 Å². The molecule has 1 amide bonds. The summed E-state index contributed by atoms with van der Waals surface area (Å²) < 4.78 is 8.28. The SMILES string of the molecule is CCCCCCCCCCCCCCOc1cccc(C(CC)NC(=O)c2cc[n+](CCC)cc2)c1C.[I-]. The molecule has 0 aliphatic carbocycles. The third kappa shape index (κ3) is 12.9. The normalized spacial score (nSPS) is 11.6. The van der Waals surface area contributed by atoms with Crippen molar-refractivity contribution in [2.75, 3.05) is 6.61 Å². The molecule has 1 aromatic heterocycles. The van der Waals surface area contributed by atoms with Crippen molar-refractivity contribution >= 4 is 5.91 Å². The van der Waals surface area contributed by atoms with Crippen molar-refractivity contribution < 1.29 is 38.1 Å². The van der Waals surface area contributed by atoms with Gasteiger partial charge >= 0.3 is 0 Å². The Bertz CT molecular complexity index is 885. The lowest BCUT2D eigenvalue weighted by Crippen LogP contribution is -3.00. The van der Waals surface area contributed by atoms with Gasteiger partial charge in [-0.3, -0.25) is 4.79 Å². The molecule has 2 aromatic rings. The molecule has 1 unspecified atom stereocenters. The summed E-state index contributed by atoms with van der Waals surface area (Å²) >= 11 is 0. The topological polar surface area (TPSA) is 42.2 Å². The zero-order valence-electron chi connectivity index (χ0n) is 24.6. The Morgan fingerprint density at radius 2 is 1.39 bits per heavy atom. The number of nitrogens with one attached hydrogen (secondary N) is 1. The van der Waals surface area contributed by atoms with Crippen LogP contribution in [-0.4, -0.2) is 12.5 Å². The van der Waals surface area contributed by atoms with Gasteiger partial charge in [0.2, 0.25) is 0 Å². The molecule has 0 saturated carbocycles. The molecule has 1 aromatic carbocycles. The molecular weight excluding hydrogens is 583 g/mol. The minimum atomic E-state index is -0.0364. The van der Waals surface area contributed by atoms with Crippen LogP contribution in [0.1, 0.15) is 138 Å². The van der Waals surface area contributed by atoms with E-state index >= 15 is 0 Å². The van der Waals surface area contributed by atoms with Crippen molar-refractivity contribution in [2.45, 2.75) is 130 Å². The van der Waals surface area contributed by atoms with Gasteiger partial charge in [0.15, 0.2) is 12.4 Å². The average Bonchev–Trinajstić information content (AvgIpc) is 2.91. The predicted molar refractivity (Wildman–Crippen MR) is 155 cm³/mol. The largest absolute Gasteiger partial charge is 1.00 e. The number of hydrogen-bond donors (Lipinski definition) is 1. The van der Waals surface area contributed by atoms with Gasteiger partial charge in [0, 0.05) is 18.6 Å². The zero-order valence-corrected chi connectivity index (χ0v) is 26.7. The number of pyridine rings is 1. The summed E-state index contributed by atoms with van der Waals surface area (Å²) in [7, 11) is 0. The maximum absolute atomic E-state index is 12.9. The minimum Gasteiger partial charge on any atom is -1.00 e. The van der Waals surface area contributed by atoms with E-state index < -0.39 is 0 Å². The summed E-state index contributed by atoms with van der Waals surface area (Å²) in [5.41, 5.74) is 2.96. The van der Waals surface area contributed by atoms with Crippen LogP contribution in [0.15, 0.2) is 42.7 Å². The number of benzene rings is 1. The molecule has 38 heavy (non-hydrogen) atoms. The summed E-state index contributed by atoms with van der Waals surface area (Å²) in [6.45, 7) is 10.4. The number of aryl methyl sites for hydroxylation is 1. The lowest BCUT2D eigenvalue weighted by atomic mass is 9.98. The molecule has 0 aliphatic rings. The van der Waals surface area contributed by atoms with E-state index in [0.717, 1.165) is 49.3 Å². The monoisotopic (exact) mass is 636 g/mol. The Hall–Kier alpha value is -1.63. The number of rotatable bonds is 20. The highest BCUT2D eigenvalue weighted by molar-refractivity contribution is 5.94. The molecule has 2 rings (SSSR count). The fourth-order valence-corrected chi connectivity index (χ4v) is 4.95. The van der Waals surface area contributed by atoms with Crippen LogP contribution in [0.25, 0.3) is 0 Å². The smallest absolute Gasteiger partial charge is 0.252 e. The number of halogens is 1. The van der Waals surface area contributed by atoms with Gasteiger partial charge in [-0.05, 0) is 37.0 Å². The van der Waals surface area contributed by atoms with E-state index in [1.54, 1.807) is 0 Å². The van der Waals surface area contributed by atoms with Crippen molar-refractivity contribution in [1.82, 2.24) is 5.32 Å². The second kappa shape index (κ2) is 21.2. The molecule has 4 nitrogen and oxygen atoms in total. The molecule has 5 heteroatoms. The summed E-state index contributed by atoms with van der Waals surface area (Å²) in [5.74, 6) is 0.909. The highest BCUT2D eigenvalue weighted by Gasteiger charge is 2.18. The third-order valence-electron chi connectivity index (χ3n) is 7.31. The van der Waals surface area contributed by atoms with Crippen molar-refractivity contribution in [3.05, 3.63) is 59.4 Å². The lowest BCUT2D eigenvalue weighted by Gasteiger charge is -2.21. The fraction of sp³-hybridized carbons (Fsp3) is 0.636. The summed E-state index contributed by atoms with van der Waals surface area (Å²) in [5, 5.41) is 3.23. The highest BCUT2D eigenvalue weighted by Crippen LogP contribution is 2.28. The number of ether oxygens (including phenoxy) is 1. The number of amides is 1. The Labute approximate surface area is 250 Å². The Morgan fingerprint density at radius 3 is 1.95 bits per heavy atom. The van der Waals surface area contributed by atoms with E-state index in [0.29, 0.717) is 5.56 Å². The average molecular weight is 637 g/mol. The highest BCUT2D eigenvalue weighted by atomic mass is 127. The Kier molecular flexibility index (Phi) is 19.2. The van der Waals surface area contributed by atoms with Crippen LogP contribution in [0.4, 0.5) is 0 Å². The van der Waals surface area contributed by atoms with Gasteiger partial charge in [-0.15, -0.1) is 0 Å². The predicted octanol–water partition coefficient (Wildman–Crippen LogP) is 5.66. The molecule has 0 fully saturated rings. The second-order valence-corrected chi connectivity index (χ2v) is 10.5. The van der Waals surface area contributed by atoms with Gasteiger partial charge in [-0.1, -0.05) is 104 Å². The number of aromatic nitrogens is 1. The van der Waals surface area contributed by atoms with E-state index in [-0.39, 0.29) is 35.9 Å². The summed E-state index contributed by atoms with van der Waals surface area (Å²) in [6, 6.07) is 9.98. The molecule has 1 N–H and O–H groups in total. The van der Waals surface area contributed by atoms with Crippen LogP contribution in [0, 0.1) is 6.92 Å². The first-order valence-corrected chi connectivity index (χ1v) is 15.1. The van der Waals surface area contributed by atoms with Crippen molar-refractivity contribution in [2.24, 2.45) is 0 Å². The van der Waals surface area contributed by atoms with Gasteiger partial charge in [-0.25, -0.2) is 4.57 Å². The quantitative estimate of drug-likeness (QED) is 0.116. The van der Waals surface area contributed by atoms with Crippen LogP contribution in [0.5, 0.6) is 5.75 Å². The van der Waals surface area contributed by atoms with Gasteiger partial charge in [-0.2, -0.15) is 0 Å². The van der Waals surface area contributed by atoms with Crippen LogP contribution in [0.3, 0.4) is 0 Å². The first-order chi connectivity index (χ1) is 18.1. The first kappa shape index (κ1) is 34.4. The van der Waals surface area contributed by atoms with Gasteiger partial charge in [0.25, 0.3) is 5.91 Å². The number of hydrogen-bond acceptors (Lipinski definition) is 2. The number of unbranched alkanes of at least 4 members (excludes halogenated alkanes) is 11. The van der Waals surface area contributed by atoms with Gasteiger partial charge < -0.3 is 34.0 Å². The van der Waals surface area contributed by atoms with Gasteiger partial charge in [0.05, 0.1) is 18.2 Å². The minimum absolute atomic E-state index is 0. The molecule has 0 bridgehead atoms. The number of carbonyl (C=O) groups is 1. The van der Waals surface area contributed by atoms with E-state index in [1.807, 2.05) is 30.6 Å². The molecule has 0 spiro atoms. The van der Waals surface area contributed by atoms with E-state index in [4.69, 9.17) is 4.74 Å². The lowest BCUT2D eigenvalue weighted by molar-refractivity contribution is -0.697. The summed E-state index contributed by atoms with van der Waals surface area (Å²) in [4.78, 5) is 12.9. The summed E-state index contributed by atoms with van der Waals surface area (Å²) in [6.07, 6.45) is 22.0. The standard InChI is InChI=1S/C33H52N2O2.HI/c1-5-8-9-10-11-12-13-14-15-16-17-18-27-37-32-21-19-20-30(28(32)4)31(7-3)34-33(36)29-22-25-35(24-6-2)26-23-29;/h19-23,25-26,31H,5-18,24,27H2,1-4H3;1H. The van der Waals surface area contributed by atoms with E-state index in [1.165, 1.54) is 70.6 Å². The maximum atomic E-state index is 12.9. The molecular formula is C33H53IN2O2. The van der Waals surface area contributed by atoms with Crippen molar-refractivity contribution in [3.8, 4) is 5.75 Å². The van der Waals surface area contributed by atoms with Crippen molar-refractivity contribution in [1.29, 1.82) is 0 Å². The molecule has 214 valence electrons. The first-order valence-electron chi connectivity index (χ1n) is 15.1. The Balaban J connectivity index is 0.00000722. The van der Waals surface area contributed by atoms with E-state index in [9.17, 15) is 4.79 Å². The number of carbonyl (C=O) groups excluding carboxylic acids is 1. The second-order valence-electron chi connectivity index (χ2n) is 10.5. The molecule has 1 atom stereocenters. The van der Waals surface area contributed by atoms with Crippen LogP contribution >= 0.6 is 0 Å². The molecule has 0 radical (unpaired) electrons. The van der Waals surface area contributed by atoms with Crippen LogP contribution in [-0.2, 0) is 6.54 Å². The number of nitrogens with zero attached hydrogens (tertiary/aromatic N) is 1. The fourth-order valence-electron chi connectivity index (χ4n) is 4.95. The van der Waals surface area contributed by atoms with Crippen molar-refractivity contribution in [3.63, 3.8) is 0 Å². The molecule has 1 heterocycles. The Morgan fingerprint density at radius 1 is 0.816 bits per heavy atom. The van der Waals surface area contributed by atoms with Crippen LogP contribution in [0.2, 0.25) is 0 Å². The third-order valence-corrected chi connectivity index (χ3v) is 7.31. The molecule has 0 saturated heterocycles. The van der Waals surface area contributed by atoms with Gasteiger partial charge in [0.1, 0.15) is 12.3 Å². The molecule has 0 aliphatic heterocycles.